The van der Waals surface area contributed by atoms with Gasteiger partial charge in [-0.15, -0.1) is 16.9 Å². The Labute approximate surface area is 190 Å². The summed E-state index contributed by atoms with van der Waals surface area (Å²) in [6, 6.07) is 8.31. The number of aromatic nitrogens is 2. The third-order valence-corrected chi connectivity index (χ3v) is 6.85. The van der Waals surface area contributed by atoms with Crippen molar-refractivity contribution >= 4 is 11.8 Å². The Bertz CT molecular complexity index is 898. The van der Waals surface area contributed by atoms with E-state index in [9.17, 15) is 20.4 Å². The van der Waals surface area contributed by atoms with Gasteiger partial charge < -0.3 is 34.6 Å². The van der Waals surface area contributed by atoms with E-state index in [0.29, 0.717) is 19.6 Å². The van der Waals surface area contributed by atoms with Gasteiger partial charge in [0.2, 0.25) is 12.2 Å². The SMILES string of the molecule is CSc1ccc(Cc2c(O[C@@H]3O[C@H](CO)[C@@H](O)[C@H](O)[C@H]3O)nn(C3CCOC3)c2C)cc1. The maximum absolute atomic E-state index is 10.4. The molecule has 10 heteroatoms. The smallest absolute Gasteiger partial charge is 0.239 e. The largest absolute Gasteiger partial charge is 0.443 e. The molecule has 1 unspecified atom stereocenters. The second kappa shape index (κ2) is 10.1. The summed E-state index contributed by atoms with van der Waals surface area (Å²) >= 11 is 1.67. The van der Waals surface area contributed by atoms with Crippen molar-refractivity contribution in [1.82, 2.24) is 9.78 Å². The Kier molecular flexibility index (Phi) is 7.40. The molecule has 0 bridgehead atoms. The minimum absolute atomic E-state index is 0.0831. The summed E-state index contributed by atoms with van der Waals surface area (Å²) in [6.07, 6.45) is -3.37. The molecule has 3 heterocycles. The van der Waals surface area contributed by atoms with Gasteiger partial charge in [-0.25, -0.2) is 0 Å². The quantitative estimate of drug-likeness (QED) is 0.435. The fraction of sp³-hybridized carbons (Fsp3) is 0.591. The first-order valence-electron chi connectivity index (χ1n) is 10.7. The van der Waals surface area contributed by atoms with Crippen LogP contribution in [-0.2, 0) is 15.9 Å². The van der Waals surface area contributed by atoms with Gasteiger partial charge in [-0.1, -0.05) is 12.1 Å². The molecule has 2 aliphatic heterocycles. The normalized spacial score (nSPS) is 30.6. The highest BCUT2D eigenvalue weighted by Crippen LogP contribution is 2.32. The average Bonchev–Trinajstić information content (AvgIpc) is 3.44. The molecule has 2 aromatic rings. The molecule has 176 valence electrons. The number of hydrogen-bond acceptors (Lipinski definition) is 9. The zero-order valence-corrected chi connectivity index (χ0v) is 18.9. The van der Waals surface area contributed by atoms with Crippen LogP contribution in [0.15, 0.2) is 29.2 Å². The van der Waals surface area contributed by atoms with Gasteiger partial charge in [-0.2, -0.15) is 0 Å². The summed E-state index contributed by atoms with van der Waals surface area (Å²) in [5.41, 5.74) is 2.84. The van der Waals surface area contributed by atoms with Crippen molar-refractivity contribution in [1.29, 1.82) is 0 Å². The first kappa shape index (κ1) is 23.5. The number of nitrogens with zero attached hydrogens (tertiary/aromatic N) is 2. The van der Waals surface area contributed by atoms with E-state index in [-0.39, 0.29) is 11.9 Å². The van der Waals surface area contributed by atoms with Crippen LogP contribution >= 0.6 is 11.8 Å². The first-order chi connectivity index (χ1) is 15.4. The van der Waals surface area contributed by atoms with Gasteiger partial charge >= 0.3 is 0 Å². The molecular formula is C22H30N2O7S. The predicted molar refractivity (Wildman–Crippen MR) is 117 cm³/mol. The van der Waals surface area contributed by atoms with Gasteiger partial charge in [0.25, 0.3) is 0 Å². The maximum atomic E-state index is 10.4. The summed E-state index contributed by atoms with van der Waals surface area (Å²) in [4.78, 5) is 1.17. The van der Waals surface area contributed by atoms with Gasteiger partial charge in [0.05, 0.1) is 19.3 Å². The summed E-state index contributed by atoms with van der Waals surface area (Å²) in [5.74, 6) is 0.285. The predicted octanol–water partition coefficient (Wildman–Crippen LogP) is 0.644. The van der Waals surface area contributed by atoms with Crippen molar-refractivity contribution < 1.29 is 34.6 Å². The fourth-order valence-corrected chi connectivity index (χ4v) is 4.53. The van der Waals surface area contributed by atoms with E-state index in [1.807, 2.05) is 17.9 Å². The Hall–Kier alpha value is -1.66. The van der Waals surface area contributed by atoms with Crippen molar-refractivity contribution in [3.05, 3.63) is 41.1 Å². The van der Waals surface area contributed by atoms with Gasteiger partial charge in [0, 0.05) is 29.2 Å². The number of aliphatic hydroxyl groups excluding tert-OH is 4. The van der Waals surface area contributed by atoms with Crippen LogP contribution in [0.3, 0.4) is 0 Å². The molecule has 6 atom stereocenters. The van der Waals surface area contributed by atoms with Crippen molar-refractivity contribution in [2.24, 2.45) is 0 Å². The molecule has 2 fully saturated rings. The van der Waals surface area contributed by atoms with Crippen molar-refractivity contribution in [3.63, 3.8) is 0 Å². The molecule has 0 radical (unpaired) electrons. The molecule has 2 saturated heterocycles. The lowest BCUT2D eigenvalue weighted by Crippen LogP contribution is -2.60. The van der Waals surface area contributed by atoms with Gasteiger partial charge in [0.15, 0.2) is 0 Å². The van der Waals surface area contributed by atoms with Crippen molar-refractivity contribution in [2.45, 2.75) is 61.4 Å². The van der Waals surface area contributed by atoms with Crippen LogP contribution in [-0.4, -0.2) is 87.0 Å². The number of thioether (sulfide) groups is 1. The molecule has 1 aromatic carbocycles. The van der Waals surface area contributed by atoms with E-state index >= 15 is 0 Å². The topological polar surface area (TPSA) is 126 Å². The average molecular weight is 467 g/mol. The van der Waals surface area contributed by atoms with E-state index in [1.54, 1.807) is 11.8 Å². The molecule has 4 rings (SSSR count). The van der Waals surface area contributed by atoms with Crippen LogP contribution in [0.5, 0.6) is 5.88 Å². The second-order valence-electron chi connectivity index (χ2n) is 8.17. The molecule has 2 aliphatic rings. The van der Waals surface area contributed by atoms with E-state index in [2.05, 4.69) is 29.4 Å². The van der Waals surface area contributed by atoms with Gasteiger partial charge in [-0.05, 0) is 37.3 Å². The lowest BCUT2D eigenvalue weighted by molar-refractivity contribution is -0.278. The third-order valence-electron chi connectivity index (χ3n) is 6.10. The van der Waals surface area contributed by atoms with Crippen LogP contribution < -0.4 is 4.74 Å². The highest BCUT2D eigenvalue weighted by atomic mass is 32.2. The number of rotatable bonds is 7. The van der Waals surface area contributed by atoms with Crippen LogP contribution in [0.2, 0.25) is 0 Å². The molecule has 0 amide bonds. The second-order valence-corrected chi connectivity index (χ2v) is 9.05. The van der Waals surface area contributed by atoms with E-state index in [4.69, 9.17) is 14.2 Å². The molecule has 0 saturated carbocycles. The molecule has 32 heavy (non-hydrogen) atoms. The molecule has 0 spiro atoms. The Morgan fingerprint density at radius 1 is 1.16 bits per heavy atom. The summed E-state index contributed by atoms with van der Waals surface area (Å²) in [5, 5.41) is 44.7. The molecule has 4 N–H and O–H groups in total. The molecule has 0 aliphatic carbocycles. The van der Waals surface area contributed by atoms with Crippen LogP contribution in [0.25, 0.3) is 0 Å². The summed E-state index contributed by atoms with van der Waals surface area (Å²) in [7, 11) is 0. The minimum atomic E-state index is -1.51. The van der Waals surface area contributed by atoms with Crippen molar-refractivity contribution in [3.8, 4) is 5.88 Å². The monoisotopic (exact) mass is 466 g/mol. The summed E-state index contributed by atoms with van der Waals surface area (Å²) in [6.45, 7) is 2.67. The van der Waals surface area contributed by atoms with E-state index in [1.165, 1.54) is 4.90 Å². The Balaban J connectivity index is 1.64. The highest BCUT2D eigenvalue weighted by molar-refractivity contribution is 7.98. The minimum Gasteiger partial charge on any atom is -0.443 e. The first-order valence-corrected chi connectivity index (χ1v) is 11.9. The zero-order valence-electron chi connectivity index (χ0n) is 18.1. The lowest BCUT2D eigenvalue weighted by Gasteiger charge is -2.39. The van der Waals surface area contributed by atoms with Crippen molar-refractivity contribution in [2.75, 3.05) is 26.1 Å². The zero-order chi connectivity index (χ0) is 22.8. The number of aliphatic hydroxyl groups is 4. The molecule has 1 aromatic heterocycles. The third kappa shape index (κ3) is 4.67. The fourth-order valence-electron chi connectivity index (χ4n) is 4.12. The number of ether oxygens (including phenoxy) is 3. The van der Waals surface area contributed by atoms with E-state index in [0.717, 1.165) is 23.2 Å². The highest BCUT2D eigenvalue weighted by Gasteiger charge is 2.45. The standard InChI is InChI=1S/C22H30N2O7S/c1-12-16(9-13-3-5-15(32-2)6-4-13)21(23-24(12)14-7-8-29-11-14)31-22-20(28)19(27)18(26)17(10-25)30-22/h3-6,14,17-20,22,25-28H,7-11H2,1-2H3/t14?,17-,18-,19+,20-,22+/m1/s1. The van der Waals surface area contributed by atoms with Crippen LogP contribution in [0.4, 0.5) is 0 Å². The van der Waals surface area contributed by atoms with Crippen LogP contribution in [0.1, 0.15) is 29.3 Å². The van der Waals surface area contributed by atoms with Crippen LogP contribution in [0, 0.1) is 6.92 Å². The number of hydrogen-bond donors (Lipinski definition) is 4. The molecular weight excluding hydrogens is 436 g/mol. The maximum Gasteiger partial charge on any atom is 0.239 e. The Morgan fingerprint density at radius 2 is 1.91 bits per heavy atom. The summed E-state index contributed by atoms with van der Waals surface area (Å²) < 4.78 is 18.9. The lowest BCUT2D eigenvalue weighted by atomic mass is 9.99. The number of benzene rings is 1. The van der Waals surface area contributed by atoms with Gasteiger partial charge in [0.1, 0.15) is 24.4 Å². The van der Waals surface area contributed by atoms with Gasteiger partial charge in [-0.3, -0.25) is 4.68 Å². The molecule has 9 nitrogen and oxygen atoms in total. The van der Waals surface area contributed by atoms with E-state index < -0.39 is 37.3 Å². The Morgan fingerprint density at radius 3 is 2.53 bits per heavy atom.